The SMILES string of the molecule is CSC1=NCCCN1C(=O)OCc1ccccc1. The molecule has 4 nitrogen and oxygen atoms in total. The average molecular weight is 264 g/mol. The van der Waals surface area contributed by atoms with E-state index < -0.39 is 0 Å². The first kappa shape index (κ1) is 13.0. The molecule has 0 radical (unpaired) electrons. The summed E-state index contributed by atoms with van der Waals surface area (Å²) in [6.07, 6.45) is 2.50. The number of ether oxygens (including phenoxy) is 1. The first-order chi connectivity index (χ1) is 8.81. The number of aliphatic imine (C=N–C) groups is 1. The van der Waals surface area contributed by atoms with Crippen molar-refractivity contribution in [3.63, 3.8) is 0 Å². The van der Waals surface area contributed by atoms with Crippen LogP contribution in [0.15, 0.2) is 35.3 Å². The lowest BCUT2D eigenvalue weighted by atomic mass is 10.2. The lowest BCUT2D eigenvalue weighted by molar-refractivity contribution is 0.115. The van der Waals surface area contributed by atoms with Gasteiger partial charge in [0.05, 0.1) is 0 Å². The molecule has 1 aliphatic heterocycles. The Balaban J connectivity index is 1.92. The minimum Gasteiger partial charge on any atom is -0.444 e. The molecule has 1 aromatic carbocycles. The van der Waals surface area contributed by atoms with Crippen LogP contribution in [0, 0.1) is 0 Å². The van der Waals surface area contributed by atoms with Gasteiger partial charge in [0.25, 0.3) is 0 Å². The van der Waals surface area contributed by atoms with Gasteiger partial charge in [0, 0.05) is 13.1 Å². The number of carbonyl (C=O) groups excluding carboxylic acids is 1. The van der Waals surface area contributed by atoms with E-state index in [4.69, 9.17) is 4.74 Å². The third kappa shape index (κ3) is 3.26. The fourth-order valence-corrected chi connectivity index (χ4v) is 2.33. The second kappa shape index (κ2) is 6.44. The summed E-state index contributed by atoms with van der Waals surface area (Å²) in [7, 11) is 0. The summed E-state index contributed by atoms with van der Waals surface area (Å²) in [5.41, 5.74) is 0.991. The molecular formula is C13H16N2O2S. The molecule has 0 atom stereocenters. The van der Waals surface area contributed by atoms with Gasteiger partial charge in [-0.05, 0) is 18.2 Å². The summed E-state index contributed by atoms with van der Waals surface area (Å²) in [4.78, 5) is 17.9. The largest absolute Gasteiger partial charge is 0.444 e. The number of thioether (sulfide) groups is 1. The molecule has 1 amide bonds. The molecule has 0 saturated carbocycles. The quantitative estimate of drug-likeness (QED) is 0.824. The minimum absolute atomic E-state index is 0.303. The van der Waals surface area contributed by atoms with Gasteiger partial charge in [-0.25, -0.2) is 4.79 Å². The van der Waals surface area contributed by atoms with Gasteiger partial charge in [-0.2, -0.15) is 0 Å². The molecule has 18 heavy (non-hydrogen) atoms. The van der Waals surface area contributed by atoms with Crippen molar-refractivity contribution in [1.29, 1.82) is 0 Å². The summed E-state index contributed by atoms with van der Waals surface area (Å²) in [6, 6.07) is 9.67. The van der Waals surface area contributed by atoms with E-state index in [9.17, 15) is 4.79 Å². The fraction of sp³-hybridized carbons (Fsp3) is 0.385. The maximum Gasteiger partial charge on any atom is 0.416 e. The Hall–Kier alpha value is -1.49. The third-order valence-corrected chi connectivity index (χ3v) is 3.34. The molecule has 5 heteroatoms. The summed E-state index contributed by atoms with van der Waals surface area (Å²) in [5, 5.41) is 0.749. The molecule has 1 aliphatic rings. The van der Waals surface area contributed by atoms with Crippen LogP contribution in [0.4, 0.5) is 4.79 Å². The van der Waals surface area contributed by atoms with Gasteiger partial charge >= 0.3 is 6.09 Å². The molecule has 0 unspecified atom stereocenters. The summed E-state index contributed by atoms with van der Waals surface area (Å²) < 4.78 is 5.29. The maximum atomic E-state index is 12.0. The predicted octanol–water partition coefficient (Wildman–Crippen LogP) is 2.75. The van der Waals surface area contributed by atoms with Crippen molar-refractivity contribution in [1.82, 2.24) is 4.90 Å². The number of amides is 1. The molecule has 1 heterocycles. The Morgan fingerprint density at radius 2 is 2.22 bits per heavy atom. The molecule has 1 aromatic rings. The molecule has 2 rings (SSSR count). The molecule has 0 aliphatic carbocycles. The van der Waals surface area contributed by atoms with E-state index in [2.05, 4.69) is 4.99 Å². The zero-order chi connectivity index (χ0) is 12.8. The van der Waals surface area contributed by atoms with Crippen molar-refractivity contribution in [2.24, 2.45) is 4.99 Å². The summed E-state index contributed by atoms with van der Waals surface area (Å²) in [5.74, 6) is 0. The van der Waals surface area contributed by atoms with Crippen LogP contribution < -0.4 is 0 Å². The number of benzene rings is 1. The van der Waals surface area contributed by atoms with Crippen molar-refractivity contribution in [3.8, 4) is 0 Å². The summed E-state index contributed by atoms with van der Waals surface area (Å²) in [6.45, 7) is 1.78. The lowest BCUT2D eigenvalue weighted by Crippen LogP contribution is -2.39. The van der Waals surface area contributed by atoms with Gasteiger partial charge in [0.15, 0.2) is 5.17 Å². The van der Waals surface area contributed by atoms with E-state index in [1.807, 2.05) is 36.6 Å². The van der Waals surface area contributed by atoms with Crippen molar-refractivity contribution >= 4 is 23.0 Å². The van der Waals surface area contributed by atoms with Crippen LogP contribution in [0.2, 0.25) is 0 Å². The predicted molar refractivity (Wildman–Crippen MR) is 73.8 cm³/mol. The van der Waals surface area contributed by atoms with Gasteiger partial charge in [-0.1, -0.05) is 42.1 Å². The van der Waals surface area contributed by atoms with E-state index in [0.29, 0.717) is 13.2 Å². The molecule has 0 spiro atoms. The van der Waals surface area contributed by atoms with Crippen LogP contribution in [0.25, 0.3) is 0 Å². The minimum atomic E-state index is -0.313. The molecule has 0 aromatic heterocycles. The number of carbonyl (C=O) groups is 1. The first-order valence-electron chi connectivity index (χ1n) is 5.88. The van der Waals surface area contributed by atoms with Gasteiger partial charge in [-0.15, -0.1) is 0 Å². The molecule has 0 N–H and O–H groups in total. The number of nitrogens with zero attached hydrogens (tertiary/aromatic N) is 2. The standard InChI is InChI=1S/C13H16N2O2S/c1-18-12-14-8-5-9-15(12)13(16)17-10-11-6-3-2-4-7-11/h2-4,6-7H,5,8-10H2,1H3. The Kier molecular flexibility index (Phi) is 4.64. The van der Waals surface area contributed by atoms with Gasteiger partial charge in [0.1, 0.15) is 6.61 Å². The zero-order valence-corrected chi connectivity index (χ0v) is 11.2. The lowest BCUT2D eigenvalue weighted by Gasteiger charge is -2.25. The van der Waals surface area contributed by atoms with Gasteiger partial charge in [0.2, 0.25) is 0 Å². The first-order valence-corrected chi connectivity index (χ1v) is 7.10. The van der Waals surface area contributed by atoms with Crippen LogP contribution in [0.5, 0.6) is 0 Å². The number of rotatable bonds is 2. The van der Waals surface area contributed by atoms with Gasteiger partial charge < -0.3 is 4.74 Å². The Bertz CT molecular complexity index is 434. The fourth-order valence-electron chi connectivity index (χ4n) is 1.73. The molecular weight excluding hydrogens is 248 g/mol. The molecule has 0 saturated heterocycles. The Morgan fingerprint density at radius 1 is 1.44 bits per heavy atom. The van der Waals surface area contributed by atoms with Crippen molar-refractivity contribution in [2.75, 3.05) is 19.3 Å². The topological polar surface area (TPSA) is 41.9 Å². The highest BCUT2D eigenvalue weighted by atomic mass is 32.2. The van der Waals surface area contributed by atoms with Crippen LogP contribution in [0.3, 0.4) is 0 Å². The van der Waals surface area contributed by atoms with Crippen molar-refractivity contribution in [2.45, 2.75) is 13.0 Å². The molecule has 0 fully saturated rings. The Morgan fingerprint density at radius 3 is 2.94 bits per heavy atom. The number of hydrogen-bond donors (Lipinski definition) is 0. The summed E-state index contributed by atoms with van der Waals surface area (Å²) >= 11 is 1.48. The third-order valence-electron chi connectivity index (χ3n) is 2.63. The molecule has 0 bridgehead atoms. The van der Waals surface area contributed by atoms with Crippen LogP contribution in [-0.4, -0.2) is 35.5 Å². The van der Waals surface area contributed by atoms with E-state index >= 15 is 0 Å². The van der Waals surface area contributed by atoms with E-state index in [1.54, 1.807) is 4.90 Å². The average Bonchev–Trinajstić information content (AvgIpc) is 2.45. The highest BCUT2D eigenvalue weighted by Crippen LogP contribution is 2.13. The highest BCUT2D eigenvalue weighted by Gasteiger charge is 2.22. The zero-order valence-electron chi connectivity index (χ0n) is 10.3. The second-order valence-electron chi connectivity index (χ2n) is 3.91. The van der Waals surface area contributed by atoms with E-state index in [-0.39, 0.29) is 6.09 Å². The number of amidine groups is 1. The monoisotopic (exact) mass is 264 g/mol. The molecule has 96 valence electrons. The maximum absolute atomic E-state index is 12.0. The van der Waals surface area contributed by atoms with Crippen LogP contribution in [-0.2, 0) is 11.3 Å². The van der Waals surface area contributed by atoms with E-state index in [0.717, 1.165) is 23.7 Å². The smallest absolute Gasteiger partial charge is 0.416 e. The second-order valence-corrected chi connectivity index (χ2v) is 4.69. The van der Waals surface area contributed by atoms with Crippen LogP contribution >= 0.6 is 11.8 Å². The van der Waals surface area contributed by atoms with Gasteiger partial charge in [-0.3, -0.25) is 9.89 Å². The van der Waals surface area contributed by atoms with E-state index in [1.165, 1.54) is 11.8 Å². The van der Waals surface area contributed by atoms with Crippen molar-refractivity contribution in [3.05, 3.63) is 35.9 Å². The normalized spacial score (nSPS) is 15.2. The van der Waals surface area contributed by atoms with Crippen LogP contribution in [0.1, 0.15) is 12.0 Å². The number of hydrogen-bond acceptors (Lipinski definition) is 4. The Labute approximate surface area is 111 Å². The highest BCUT2D eigenvalue weighted by molar-refractivity contribution is 8.13. The van der Waals surface area contributed by atoms with Crippen molar-refractivity contribution < 1.29 is 9.53 Å².